The van der Waals surface area contributed by atoms with Crippen LogP contribution in [0.4, 0.5) is 4.39 Å². The van der Waals surface area contributed by atoms with E-state index in [1.165, 1.54) is 18.9 Å². The van der Waals surface area contributed by atoms with Gasteiger partial charge in [-0.05, 0) is 43.7 Å². The fourth-order valence-electron chi connectivity index (χ4n) is 3.22. The summed E-state index contributed by atoms with van der Waals surface area (Å²) < 4.78 is 13.8. The highest BCUT2D eigenvalue weighted by atomic mass is 19.1. The second-order valence-corrected chi connectivity index (χ2v) is 6.89. The number of hydrogen-bond acceptors (Lipinski definition) is 4. The van der Waals surface area contributed by atoms with Gasteiger partial charge in [-0.3, -0.25) is 9.69 Å². The average Bonchev–Trinajstić information content (AvgIpc) is 3.30. The van der Waals surface area contributed by atoms with E-state index in [9.17, 15) is 9.18 Å². The number of nitrogens with one attached hydrogen (secondary N) is 1. The van der Waals surface area contributed by atoms with Gasteiger partial charge in [-0.1, -0.05) is 6.07 Å². The Morgan fingerprint density at radius 2 is 2.17 bits per heavy atom. The van der Waals surface area contributed by atoms with E-state index in [1.54, 1.807) is 12.1 Å². The Hall–Kier alpha value is -1.97. The molecule has 2 N–H and O–H groups in total. The standard InChI is InChI=1S/C18H22FN3O2/c19-17-5-13(8-20)3-4-14(17)9-21-15-6-16(7-15)22(11-18(23)24)10-12-1-2-12/h3-5,12,15-16,21H,1-2,6-7,9-11H2,(H,23,24). The summed E-state index contributed by atoms with van der Waals surface area (Å²) in [5.74, 6) is -0.463. The van der Waals surface area contributed by atoms with Crippen LogP contribution in [-0.4, -0.2) is 41.1 Å². The van der Waals surface area contributed by atoms with E-state index >= 15 is 0 Å². The maximum absolute atomic E-state index is 13.8. The molecular weight excluding hydrogens is 309 g/mol. The number of carbonyl (C=O) groups is 1. The summed E-state index contributed by atoms with van der Waals surface area (Å²) in [5, 5.41) is 21.1. The number of carboxylic acids is 1. The molecule has 0 aliphatic heterocycles. The quantitative estimate of drug-likeness (QED) is 0.763. The van der Waals surface area contributed by atoms with Crippen molar-refractivity contribution in [3.63, 3.8) is 0 Å². The highest BCUT2D eigenvalue weighted by Crippen LogP contribution is 2.33. The molecule has 0 aromatic heterocycles. The van der Waals surface area contributed by atoms with Crippen LogP contribution in [0.1, 0.15) is 36.8 Å². The van der Waals surface area contributed by atoms with Gasteiger partial charge in [-0.2, -0.15) is 5.26 Å². The Kier molecular flexibility index (Phi) is 5.12. The van der Waals surface area contributed by atoms with E-state index in [0.717, 1.165) is 19.4 Å². The molecule has 0 radical (unpaired) electrons. The Labute approximate surface area is 141 Å². The number of aliphatic carboxylic acids is 1. The maximum Gasteiger partial charge on any atom is 0.317 e. The average molecular weight is 331 g/mol. The molecule has 128 valence electrons. The molecular formula is C18H22FN3O2. The van der Waals surface area contributed by atoms with Gasteiger partial charge < -0.3 is 10.4 Å². The van der Waals surface area contributed by atoms with Crippen LogP contribution in [0.3, 0.4) is 0 Å². The van der Waals surface area contributed by atoms with Gasteiger partial charge in [-0.25, -0.2) is 4.39 Å². The summed E-state index contributed by atoms with van der Waals surface area (Å²) in [6, 6.07) is 7.04. The lowest BCUT2D eigenvalue weighted by Crippen LogP contribution is -2.54. The number of nitriles is 1. The van der Waals surface area contributed by atoms with E-state index in [1.807, 2.05) is 6.07 Å². The van der Waals surface area contributed by atoms with E-state index in [2.05, 4.69) is 10.2 Å². The summed E-state index contributed by atoms with van der Waals surface area (Å²) in [6.45, 7) is 1.42. The number of rotatable bonds is 8. The van der Waals surface area contributed by atoms with E-state index < -0.39 is 5.97 Å². The Balaban J connectivity index is 1.46. The first-order valence-corrected chi connectivity index (χ1v) is 8.43. The van der Waals surface area contributed by atoms with Crippen molar-refractivity contribution in [2.45, 2.75) is 44.3 Å². The van der Waals surface area contributed by atoms with Crippen LogP contribution in [0, 0.1) is 23.1 Å². The predicted molar refractivity (Wildman–Crippen MR) is 86.7 cm³/mol. The Morgan fingerprint density at radius 1 is 1.42 bits per heavy atom. The van der Waals surface area contributed by atoms with Gasteiger partial charge >= 0.3 is 5.97 Å². The molecule has 0 saturated heterocycles. The summed E-state index contributed by atoms with van der Waals surface area (Å²) in [6.07, 6.45) is 4.22. The minimum atomic E-state index is -0.772. The highest BCUT2D eigenvalue weighted by Gasteiger charge is 2.36. The van der Waals surface area contributed by atoms with Crippen LogP contribution in [0.25, 0.3) is 0 Å². The molecule has 0 atom stereocenters. The molecule has 1 aromatic rings. The molecule has 2 fully saturated rings. The monoisotopic (exact) mass is 331 g/mol. The predicted octanol–water partition coefficient (Wildman–Crippen LogP) is 2.11. The van der Waals surface area contributed by atoms with Crippen molar-refractivity contribution in [1.29, 1.82) is 5.26 Å². The molecule has 0 bridgehead atoms. The van der Waals surface area contributed by atoms with Crippen LogP contribution in [0.15, 0.2) is 18.2 Å². The second kappa shape index (κ2) is 7.29. The van der Waals surface area contributed by atoms with E-state index in [4.69, 9.17) is 10.4 Å². The van der Waals surface area contributed by atoms with Crippen molar-refractivity contribution in [1.82, 2.24) is 10.2 Å². The molecule has 0 spiro atoms. The normalized spacial score (nSPS) is 22.9. The van der Waals surface area contributed by atoms with Gasteiger partial charge in [0, 0.05) is 30.7 Å². The lowest BCUT2D eigenvalue weighted by molar-refractivity contribution is -0.139. The molecule has 3 rings (SSSR count). The molecule has 24 heavy (non-hydrogen) atoms. The fourth-order valence-corrected chi connectivity index (χ4v) is 3.22. The Morgan fingerprint density at radius 3 is 2.75 bits per heavy atom. The molecule has 2 aliphatic rings. The summed E-state index contributed by atoms with van der Waals surface area (Å²) in [5.41, 5.74) is 0.877. The van der Waals surface area contributed by atoms with Gasteiger partial charge in [0.15, 0.2) is 0 Å². The third-order valence-electron chi connectivity index (χ3n) is 4.92. The number of halogens is 1. The molecule has 5 nitrogen and oxygen atoms in total. The molecule has 1 aromatic carbocycles. The fraction of sp³-hybridized carbons (Fsp3) is 0.556. The van der Waals surface area contributed by atoms with Crippen LogP contribution in [0.2, 0.25) is 0 Å². The number of carboxylic acid groups (broad SMARTS) is 1. The molecule has 2 aliphatic carbocycles. The van der Waals surface area contributed by atoms with Gasteiger partial charge in [0.2, 0.25) is 0 Å². The molecule has 2 saturated carbocycles. The van der Waals surface area contributed by atoms with Crippen LogP contribution in [-0.2, 0) is 11.3 Å². The first kappa shape index (κ1) is 16.9. The van der Waals surface area contributed by atoms with Gasteiger partial charge in [-0.15, -0.1) is 0 Å². The minimum absolute atomic E-state index is 0.109. The summed E-state index contributed by atoms with van der Waals surface area (Å²) in [4.78, 5) is 13.1. The van der Waals surface area contributed by atoms with Crippen molar-refractivity contribution < 1.29 is 14.3 Å². The maximum atomic E-state index is 13.8. The molecule has 6 heteroatoms. The number of benzene rings is 1. The Bertz CT molecular complexity index is 648. The molecule has 0 heterocycles. The minimum Gasteiger partial charge on any atom is -0.480 e. The number of nitrogens with zero attached hydrogens (tertiary/aromatic N) is 2. The zero-order valence-electron chi connectivity index (χ0n) is 13.5. The van der Waals surface area contributed by atoms with Crippen LogP contribution in [0.5, 0.6) is 0 Å². The number of hydrogen-bond donors (Lipinski definition) is 2. The second-order valence-electron chi connectivity index (χ2n) is 6.89. The van der Waals surface area contributed by atoms with Gasteiger partial charge in [0.25, 0.3) is 0 Å². The highest BCUT2D eigenvalue weighted by molar-refractivity contribution is 5.69. The summed E-state index contributed by atoms with van der Waals surface area (Å²) in [7, 11) is 0. The zero-order chi connectivity index (χ0) is 17.1. The summed E-state index contributed by atoms with van der Waals surface area (Å²) >= 11 is 0. The van der Waals surface area contributed by atoms with Gasteiger partial charge in [0.1, 0.15) is 5.82 Å². The first-order valence-electron chi connectivity index (χ1n) is 8.43. The third-order valence-corrected chi connectivity index (χ3v) is 4.92. The van der Waals surface area contributed by atoms with Crippen molar-refractivity contribution in [2.24, 2.45) is 5.92 Å². The van der Waals surface area contributed by atoms with Crippen molar-refractivity contribution in [3.8, 4) is 6.07 Å². The molecule has 0 amide bonds. The van der Waals surface area contributed by atoms with Crippen molar-refractivity contribution in [3.05, 3.63) is 35.1 Å². The lowest BCUT2D eigenvalue weighted by atomic mass is 9.85. The van der Waals surface area contributed by atoms with Gasteiger partial charge in [0.05, 0.1) is 18.2 Å². The molecule has 0 unspecified atom stereocenters. The zero-order valence-corrected chi connectivity index (χ0v) is 13.5. The third kappa shape index (κ3) is 4.31. The smallest absolute Gasteiger partial charge is 0.317 e. The topological polar surface area (TPSA) is 76.4 Å². The lowest BCUT2D eigenvalue weighted by Gasteiger charge is -2.43. The van der Waals surface area contributed by atoms with Crippen molar-refractivity contribution >= 4 is 5.97 Å². The van der Waals surface area contributed by atoms with Crippen LogP contribution < -0.4 is 5.32 Å². The van der Waals surface area contributed by atoms with Crippen LogP contribution >= 0.6 is 0 Å². The van der Waals surface area contributed by atoms with E-state index in [0.29, 0.717) is 35.7 Å². The van der Waals surface area contributed by atoms with E-state index in [-0.39, 0.29) is 12.4 Å². The largest absolute Gasteiger partial charge is 0.480 e. The first-order chi connectivity index (χ1) is 11.5. The SMILES string of the molecule is N#Cc1ccc(CNC2CC(N(CC(=O)O)CC3CC3)C2)c(F)c1. The van der Waals surface area contributed by atoms with Crippen molar-refractivity contribution in [2.75, 3.05) is 13.1 Å².